The van der Waals surface area contributed by atoms with Crippen molar-refractivity contribution in [3.63, 3.8) is 0 Å². The number of benzene rings is 1. The molecule has 2 heterocycles. The zero-order chi connectivity index (χ0) is 21.7. The van der Waals surface area contributed by atoms with Crippen molar-refractivity contribution in [2.24, 2.45) is 0 Å². The van der Waals surface area contributed by atoms with Gasteiger partial charge in [-0.25, -0.2) is 4.79 Å². The minimum absolute atomic E-state index is 0.211. The van der Waals surface area contributed by atoms with Crippen LogP contribution in [0.15, 0.2) is 42.6 Å². The van der Waals surface area contributed by atoms with Crippen molar-refractivity contribution in [2.75, 3.05) is 6.61 Å². The average Bonchev–Trinajstić information content (AvgIpc) is 3.25. The lowest BCUT2D eigenvalue weighted by Gasteiger charge is -2.05. The van der Waals surface area contributed by atoms with Crippen LogP contribution >= 0.6 is 0 Å². The number of aryl methyl sites for hydroxylation is 2. The van der Waals surface area contributed by atoms with Crippen LogP contribution in [0.3, 0.4) is 0 Å². The van der Waals surface area contributed by atoms with Crippen molar-refractivity contribution in [3.8, 4) is 6.07 Å². The molecule has 0 atom stereocenters. The lowest BCUT2D eigenvalue weighted by atomic mass is 10.1. The van der Waals surface area contributed by atoms with E-state index < -0.39 is 5.97 Å². The summed E-state index contributed by atoms with van der Waals surface area (Å²) in [7, 11) is 0. The summed E-state index contributed by atoms with van der Waals surface area (Å²) in [5.41, 5.74) is 4.35. The molecule has 3 aromatic rings. The summed E-state index contributed by atoms with van der Waals surface area (Å²) in [6.45, 7) is 6.95. The van der Waals surface area contributed by atoms with Crippen molar-refractivity contribution >= 4 is 28.7 Å². The zero-order valence-corrected chi connectivity index (χ0v) is 17.5. The third-order valence-corrected chi connectivity index (χ3v) is 5.22. The summed E-state index contributed by atoms with van der Waals surface area (Å²) >= 11 is 0. The maximum Gasteiger partial charge on any atom is 0.331 e. The molecular weight excluding hydrogens is 378 g/mol. The number of para-hydroxylation sites is 1. The van der Waals surface area contributed by atoms with E-state index in [-0.39, 0.29) is 12.4 Å². The molecule has 0 fully saturated rings. The number of esters is 1. The average molecular weight is 403 g/mol. The van der Waals surface area contributed by atoms with Crippen LogP contribution in [0.4, 0.5) is 0 Å². The zero-order valence-electron chi connectivity index (χ0n) is 17.5. The van der Waals surface area contributed by atoms with Crippen molar-refractivity contribution in [3.05, 3.63) is 65.1 Å². The lowest BCUT2D eigenvalue weighted by Crippen LogP contribution is -2.13. The summed E-state index contributed by atoms with van der Waals surface area (Å²) in [5.74, 6) is -0.779. The summed E-state index contributed by atoms with van der Waals surface area (Å²) in [4.78, 5) is 24.6. The number of fused-ring (bicyclic) bond motifs is 1. The second-order valence-electron chi connectivity index (χ2n) is 7.10. The molecule has 0 saturated heterocycles. The van der Waals surface area contributed by atoms with Gasteiger partial charge in [-0.3, -0.25) is 4.79 Å². The topological polar surface area (TPSA) is 77.0 Å². The number of nitriles is 1. The van der Waals surface area contributed by atoms with E-state index in [1.807, 2.05) is 61.9 Å². The van der Waals surface area contributed by atoms with Crippen molar-refractivity contribution in [1.29, 1.82) is 5.26 Å². The number of aromatic nitrogens is 2. The maximum absolute atomic E-state index is 12.5. The number of rotatable bonds is 8. The molecule has 0 radical (unpaired) electrons. The molecule has 6 heteroatoms. The highest BCUT2D eigenvalue weighted by Crippen LogP contribution is 2.23. The van der Waals surface area contributed by atoms with E-state index in [9.17, 15) is 9.59 Å². The fraction of sp³-hybridized carbons (Fsp3) is 0.292. The van der Waals surface area contributed by atoms with Crippen LogP contribution in [0, 0.1) is 25.2 Å². The Kier molecular flexibility index (Phi) is 6.53. The second-order valence-corrected chi connectivity index (χ2v) is 7.10. The molecule has 0 N–H and O–H groups in total. The molecule has 0 unspecified atom stereocenters. The molecule has 0 amide bonds. The van der Waals surface area contributed by atoms with E-state index in [2.05, 4.69) is 10.6 Å². The van der Waals surface area contributed by atoms with E-state index in [4.69, 9.17) is 10.00 Å². The highest BCUT2D eigenvalue weighted by Gasteiger charge is 2.16. The Labute approximate surface area is 176 Å². The SMILES string of the molecule is CCn1c(C)cc(C(=O)COC(=O)/C=C/c2cn(CCC#N)c3ccccc23)c1C. The molecule has 2 aromatic heterocycles. The Balaban J connectivity index is 1.68. The quantitative estimate of drug-likeness (QED) is 0.317. The normalized spacial score (nSPS) is 11.1. The smallest absolute Gasteiger partial charge is 0.331 e. The molecule has 154 valence electrons. The van der Waals surface area contributed by atoms with Crippen LogP contribution in [0.2, 0.25) is 0 Å². The third-order valence-electron chi connectivity index (χ3n) is 5.22. The highest BCUT2D eigenvalue weighted by molar-refractivity contribution is 6.00. The van der Waals surface area contributed by atoms with E-state index in [1.165, 1.54) is 6.08 Å². The molecule has 0 aliphatic rings. The van der Waals surface area contributed by atoms with Crippen molar-refractivity contribution in [1.82, 2.24) is 9.13 Å². The van der Waals surface area contributed by atoms with Gasteiger partial charge in [0, 0.05) is 58.8 Å². The van der Waals surface area contributed by atoms with Gasteiger partial charge in [0.1, 0.15) is 0 Å². The van der Waals surface area contributed by atoms with Gasteiger partial charge in [0.05, 0.1) is 12.5 Å². The number of ketones is 1. The van der Waals surface area contributed by atoms with Gasteiger partial charge in [0.2, 0.25) is 5.78 Å². The Bertz CT molecular complexity index is 1160. The van der Waals surface area contributed by atoms with E-state index >= 15 is 0 Å². The molecule has 30 heavy (non-hydrogen) atoms. The molecule has 1 aromatic carbocycles. The Morgan fingerprint density at radius 1 is 1.23 bits per heavy atom. The van der Waals surface area contributed by atoms with Crippen LogP contribution in [-0.2, 0) is 22.6 Å². The molecular formula is C24H25N3O3. The highest BCUT2D eigenvalue weighted by atomic mass is 16.5. The molecule has 6 nitrogen and oxygen atoms in total. The first-order chi connectivity index (χ1) is 14.5. The summed E-state index contributed by atoms with van der Waals surface area (Å²) in [6, 6.07) is 11.8. The molecule has 0 bridgehead atoms. The summed E-state index contributed by atoms with van der Waals surface area (Å²) < 4.78 is 9.22. The summed E-state index contributed by atoms with van der Waals surface area (Å²) in [5, 5.41) is 9.84. The van der Waals surface area contributed by atoms with Crippen molar-refractivity contribution in [2.45, 2.75) is 40.3 Å². The molecule has 3 rings (SSSR count). The lowest BCUT2D eigenvalue weighted by molar-refractivity contribution is -0.136. The van der Waals surface area contributed by atoms with Crippen LogP contribution < -0.4 is 0 Å². The number of Topliss-reactive ketones (excluding diaryl/α,β-unsaturated/α-hetero) is 1. The minimum atomic E-state index is -0.568. The van der Waals surface area contributed by atoms with Crippen LogP contribution in [0.1, 0.15) is 40.7 Å². The first-order valence-electron chi connectivity index (χ1n) is 9.95. The number of hydrogen-bond acceptors (Lipinski definition) is 4. The molecule has 0 saturated carbocycles. The number of carbonyl (C=O) groups excluding carboxylic acids is 2. The third kappa shape index (κ3) is 4.36. The number of hydrogen-bond donors (Lipinski definition) is 0. The molecule has 0 spiro atoms. The predicted octanol–water partition coefficient (Wildman–Crippen LogP) is 4.43. The van der Waals surface area contributed by atoms with E-state index in [1.54, 1.807) is 6.08 Å². The Morgan fingerprint density at radius 2 is 2.00 bits per heavy atom. The fourth-order valence-electron chi connectivity index (χ4n) is 3.75. The van der Waals surface area contributed by atoms with Gasteiger partial charge in [-0.1, -0.05) is 18.2 Å². The van der Waals surface area contributed by atoms with Crippen molar-refractivity contribution < 1.29 is 14.3 Å². The summed E-state index contributed by atoms with van der Waals surface area (Å²) in [6.07, 6.45) is 5.33. The van der Waals surface area contributed by atoms with Gasteiger partial charge >= 0.3 is 5.97 Å². The largest absolute Gasteiger partial charge is 0.454 e. The number of carbonyl (C=O) groups is 2. The van der Waals surface area contributed by atoms with E-state index in [0.717, 1.165) is 34.4 Å². The van der Waals surface area contributed by atoms with Gasteiger partial charge in [-0.05, 0) is 39.0 Å². The Morgan fingerprint density at radius 3 is 2.70 bits per heavy atom. The first-order valence-corrected chi connectivity index (χ1v) is 9.95. The molecule has 0 aliphatic carbocycles. The standard InChI is InChI=1S/C24H25N3O3/c1-4-27-17(2)14-21(18(27)3)23(28)16-30-24(29)11-10-19-15-26(13-7-12-25)22-9-6-5-8-20(19)22/h5-6,8-11,14-15H,4,7,13,16H2,1-3H3/b11-10+. The maximum atomic E-state index is 12.5. The number of ether oxygens (including phenoxy) is 1. The van der Waals surface area contributed by atoms with Gasteiger partial charge in [-0.2, -0.15) is 5.26 Å². The fourth-order valence-corrected chi connectivity index (χ4v) is 3.75. The Hall–Kier alpha value is -3.59. The van der Waals surface area contributed by atoms with Gasteiger partial charge in [0.15, 0.2) is 6.61 Å². The van der Waals surface area contributed by atoms with Gasteiger partial charge in [-0.15, -0.1) is 0 Å². The van der Waals surface area contributed by atoms with Crippen LogP contribution in [0.5, 0.6) is 0 Å². The number of nitrogens with zero attached hydrogens (tertiary/aromatic N) is 3. The van der Waals surface area contributed by atoms with E-state index in [0.29, 0.717) is 18.5 Å². The van der Waals surface area contributed by atoms with Crippen LogP contribution in [-0.4, -0.2) is 27.5 Å². The van der Waals surface area contributed by atoms with Gasteiger partial charge < -0.3 is 13.9 Å². The minimum Gasteiger partial charge on any atom is -0.454 e. The first kappa shape index (κ1) is 21.1. The second kappa shape index (κ2) is 9.27. The van der Waals surface area contributed by atoms with Gasteiger partial charge in [0.25, 0.3) is 0 Å². The monoisotopic (exact) mass is 403 g/mol. The molecule has 0 aliphatic heterocycles. The predicted molar refractivity (Wildman–Crippen MR) is 116 cm³/mol. The van der Waals surface area contributed by atoms with Crippen LogP contribution in [0.25, 0.3) is 17.0 Å².